The first-order valence-corrected chi connectivity index (χ1v) is 9.64. The van der Waals surface area contributed by atoms with Crippen LogP contribution in [0.2, 0.25) is 5.02 Å². The molecule has 2 aliphatic rings. The van der Waals surface area contributed by atoms with Crippen molar-refractivity contribution in [2.45, 2.75) is 6.04 Å². The SMILES string of the molecule is O=C1[C@H]2C(c3ccccc3)=NN(c3ccccc3)[C@@H]2C(=O)N1c1cccc(Cl)c1. The summed E-state index contributed by atoms with van der Waals surface area (Å²) in [6.45, 7) is 0. The summed E-state index contributed by atoms with van der Waals surface area (Å²) in [5, 5.41) is 6.85. The third-order valence-corrected chi connectivity index (χ3v) is 5.44. The molecular formula is C23H16ClN3O2. The van der Waals surface area contributed by atoms with Crippen LogP contribution in [0.15, 0.2) is 90.0 Å². The number of halogens is 1. The van der Waals surface area contributed by atoms with E-state index in [0.717, 1.165) is 11.3 Å². The Hall–Kier alpha value is -3.44. The molecule has 0 aromatic heterocycles. The standard InChI is InChI=1S/C23H16ClN3O2/c24-16-10-7-13-18(14-16)26-22(28)19-20(15-8-3-1-4-9-15)25-27(21(19)23(26)29)17-11-5-2-6-12-17/h1-14,19,21H/t19-,21-/m0/s1. The summed E-state index contributed by atoms with van der Waals surface area (Å²) in [5.41, 5.74) is 2.67. The van der Waals surface area contributed by atoms with Crippen LogP contribution in [0.1, 0.15) is 5.56 Å². The number of anilines is 2. The van der Waals surface area contributed by atoms with Crippen LogP contribution in [0.3, 0.4) is 0 Å². The topological polar surface area (TPSA) is 53.0 Å². The molecule has 3 aromatic carbocycles. The lowest BCUT2D eigenvalue weighted by Crippen LogP contribution is -2.39. The zero-order chi connectivity index (χ0) is 20.0. The highest BCUT2D eigenvalue weighted by Gasteiger charge is 2.57. The Bertz CT molecular complexity index is 1130. The van der Waals surface area contributed by atoms with Crippen molar-refractivity contribution in [2.75, 3.05) is 9.91 Å². The van der Waals surface area contributed by atoms with Crippen LogP contribution in [-0.4, -0.2) is 23.6 Å². The van der Waals surface area contributed by atoms with Gasteiger partial charge in [0.15, 0.2) is 0 Å². The summed E-state index contributed by atoms with van der Waals surface area (Å²) in [5.74, 6) is -1.27. The molecule has 0 bridgehead atoms. The highest BCUT2D eigenvalue weighted by Crippen LogP contribution is 2.39. The largest absolute Gasteiger partial charge is 0.273 e. The van der Waals surface area contributed by atoms with Gasteiger partial charge in [0.2, 0.25) is 5.91 Å². The Labute approximate surface area is 172 Å². The van der Waals surface area contributed by atoms with Gasteiger partial charge in [0, 0.05) is 5.02 Å². The zero-order valence-corrected chi connectivity index (χ0v) is 16.0. The van der Waals surface area contributed by atoms with Gasteiger partial charge < -0.3 is 0 Å². The van der Waals surface area contributed by atoms with Crippen molar-refractivity contribution in [3.05, 3.63) is 95.5 Å². The summed E-state index contributed by atoms with van der Waals surface area (Å²) in [6.07, 6.45) is 0. The van der Waals surface area contributed by atoms with Crippen LogP contribution in [-0.2, 0) is 9.59 Å². The van der Waals surface area contributed by atoms with Crippen molar-refractivity contribution in [3.63, 3.8) is 0 Å². The minimum Gasteiger partial charge on any atom is -0.273 e. The fraction of sp³-hybridized carbons (Fsp3) is 0.0870. The van der Waals surface area contributed by atoms with E-state index >= 15 is 0 Å². The van der Waals surface area contributed by atoms with E-state index in [1.807, 2.05) is 60.7 Å². The maximum absolute atomic E-state index is 13.4. The van der Waals surface area contributed by atoms with Crippen molar-refractivity contribution in [1.82, 2.24) is 0 Å². The summed E-state index contributed by atoms with van der Waals surface area (Å²) >= 11 is 6.11. The molecule has 0 saturated carbocycles. The molecule has 0 aliphatic carbocycles. The Morgan fingerprint density at radius 3 is 2.10 bits per heavy atom. The molecule has 3 aromatic rings. The van der Waals surface area contributed by atoms with E-state index in [2.05, 4.69) is 0 Å². The van der Waals surface area contributed by atoms with E-state index < -0.39 is 12.0 Å². The smallest absolute Gasteiger partial charge is 0.259 e. The van der Waals surface area contributed by atoms with Crippen LogP contribution in [0.25, 0.3) is 0 Å². The molecule has 2 amide bonds. The van der Waals surface area contributed by atoms with Gasteiger partial charge in [0.05, 0.1) is 17.1 Å². The summed E-state index contributed by atoms with van der Waals surface area (Å²) in [4.78, 5) is 28.1. The van der Waals surface area contributed by atoms with Crippen LogP contribution in [0, 0.1) is 5.92 Å². The number of hydrogen-bond acceptors (Lipinski definition) is 4. The lowest BCUT2D eigenvalue weighted by Gasteiger charge is -2.22. The molecule has 142 valence electrons. The van der Waals surface area contributed by atoms with Gasteiger partial charge in [-0.1, -0.05) is 66.2 Å². The summed E-state index contributed by atoms with van der Waals surface area (Å²) in [6, 6.07) is 25.0. The number of benzene rings is 3. The number of hydrogen-bond donors (Lipinski definition) is 0. The van der Waals surface area contributed by atoms with Crippen LogP contribution in [0.4, 0.5) is 11.4 Å². The second kappa shape index (κ2) is 6.87. The number of fused-ring (bicyclic) bond motifs is 1. The third-order valence-electron chi connectivity index (χ3n) is 5.21. The first kappa shape index (κ1) is 17.6. The lowest BCUT2D eigenvalue weighted by molar-refractivity contribution is -0.121. The lowest BCUT2D eigenvalue weighted by atomic mass is 9.93. The molecule has 5 rings (SSSR count). The number of hydrazone groups is 1. The van der Waals surface area contributed by atoms with E-state index in [0.29, 0.717) is 16.4 Å². The molecule has 0 unspecified atom stereocenters. The van der Waals surface area contributed by atoms with Crippen molar-refractivity contribution in [3.8, 4) is 0 Å². The number of rotatable bonds is 3. The quantitative estimate of drug-likeness (QED) is 0.620. The van der Waals surface area contributed by atoms with Crippen molar-refractivity contribution in [1.29, 1.82) is 0 Å². The molecule has 2 atom stereocenters. The molecule has 1 saturated heterocycles. The minimum atomic E-state index is -0.723. The van der Waals surface area contributed by atoms with Gasteiger partial charge >= 0.3 is 0 Å². The summed E-state index contributed by atoms with van der Waals surface area (Å²) in [7, 11) is 0. The van der Waals surface area contributed by atoms with E-state index in [9.17, 15) is 9.59 Å². The number of para-hydroxylation sites is 1. The summed E-state index contributed by atoms with van der Waals surface area (Å²) < 4.78 is 0. The highest BCUT2D eigenvalue weighted by atomic mass is 35.5. The number of imide groups is 1. The van der Waals surface area contributed by atoms with Crippen molar-refractivity contribution >= 4 is 40.5 Å². The Balaban J connectivity index is 1.64. The fourth-order valence-corrected chi connectivity index (χ4v) is 4.11. The van der Waals surface area contributed by atoms with E-state index in [1.165, 1.54) is 4.90 Å². The van der Waals surface area contributed by atoms with E-state index in [4.69, 9.17) is 16.7 Å². The van der Waals surface area contributed by atoms with Crippen LogP contribution in [0.5, 0.6) is 0 Å². The Morgan fingerprint density at radius 2 is 1.41 bits per heavy atom. The highest BCUT2D eigenvalue weighted by molar-refractivity contribution is 6.35. The number of nitrogens with zero attached hydrogens (tertiary/aromatic N) is 3. The predicted molar refractivity (Wildman–Crippen MR) is 113 cm³/mol. The van der Waals surface area contributed by atoms with Gasteiger partial charge in [0.25, 0.3) is 5.91 Å². The van der Waals surface area contributed by atoms with Crippen molar-refractivity contribution < 1.29 is 9.59 Å². The van der Waals surface area contributed by atoms with Crippen LogP contribution >= 0.6 is 11.6 Å². The molecule has 6 heteroatoms. The molecule has 29 heavy (non-hydrogen) atoms. The van der Waals surface area contributed by atoms with Crippen LogP contribution < -0.4 is 9.91 Å². The van der Waals surface area contributed by atoms with Gasteiger partial charge in [-0.05, 0) is 35.9 Å². The average Bonchev–Trinajstić information content (AvgIpc) is 3.26. The van der Waals surface area contributed by atoms with Gasteiger partial charge in [-0.3, -0.25) is 14.6 Å². The number of carbonyl (C=O) groups is 2. The van der Waals surface area contributed by atoms with Gasteiger partial charge in [-0.25, -0.2) is 4.90 Å². The number of carbonyl (C=O) groups excluding carboxylic acids is 2. The first-order valence-electron chi connectivity index (χ1n) is 9.27. The molecule has 0 radical (unpaired) electrons. The number of amides is 2. The van der Waals surface area contributed by atoms with E-state index in [-0.39, 0.29) is 11.8 Å². The van der Waals surface area contributed by atoms with Gasteiger partial charge in [-0.15, -0.1) is 0 Å². The molecule has 0 spiro atoms. The maximum atomic E-state index is 13.4. The molecule has 1 fully saturated rings. The Kier molecular flexibility index (Phi) is 4.18. The Morgan fingerprint density at radius 1 is 0.759 bits per heavy atom. The second-order valence-corrected chi connectivity index (χ2v) is 7.38. The maximum Gasteiger partial charge on any atom is 0.259 e. The molecular weight excluding hydrogens is 386 g/mol. The monoisotopic (exact) mass is 401 g/mol. The molecule has 2 aliphatic heterocycles. The molecule has 0 N–H and O–H groups in total. The molecule has 5 nitrogen and oxygen atoms in total. The van der Waals surface area contributed by atoms with Crippen molar-refractivity contribution in [2.24, 2.45) is 11.0 Å². The van der Waals surface area contributed by atoms with Gasteiger partial charge in [0.1, 0.15) is 12.0 Å². The minimum absolute atomic E-state index is 0.289. The third kappa shape index (κ3) is 2.82. The zero-order valence-electron chi connectivity index (χ0n) is 15.3. The predicted octanol–water partition coefficient (Wildman–Crippen LogP) is 4.12. The normalized spacial score (nSPS) is 20.8. The fourth-order valence-electron chi connectivity index (χ4n) is 3.93. The van der Waals surface area contributed by atoms with E-state index in [1.54, 1.807) is 29.3 Å². The molecule has 2 heterocycles. The second-order valence-electron chi connectivity index (χ2n) is 6.95. The average molecular weight is 402 g/mol. The first-order chi connectivity index (χ1) is 14.1. The van der Waals surface area contributed by atoms with Gasteiger partial charge in [-0.2, -0.15) is 5.10 Å².